The molecule has 0 amide bonds. The number of aryl methyl sites for hydroxylation is 1. The van der Waals surface area contributed by atoms with E-state index in [9.17, 15) is 0 Å². The van der Waals surface area contributed by atoms with Crippen LogP contribution in [0.1, 0.15) is 40.2 Å². The largest absolute Gasteiger partial charge is 0.351 e. The van der Waals surface area contributed by atoms with Crippen LogP contribution in [-0.2, 0) is 12.6 Å². The zero-order chi connectivity index (χ0) is 17.4. The number of fused-ring (bicyclic) bond motifs is 1. The Morgan fingerprint density at radius 3 is 2.13 bits per heavy atom. The third kappa shape index (κ3) is 3.61. The Balaban J connectivity index is 2.22. The summed E-state index contributed by atoms with van der Waals surface area (Å²) in [6.45, 7) is 13.6. The highest BCUT2D eigenvalue weighted by Crippen LogP contribution is 2.32. The fourth-order valence-electron chi connectivity index (χ4n) is 2.96. The average Bonchev–Trinajstić information content (AvgIpc) is 2.84. The highest BCUT2D eigenvalue weighted by atomic mass is 15.2. The maximum Gasteiger partial charge on any atom is 0.0481 e. The van der Waals surface area contributed by atoms with Crippen LogP contribution in [0, 0.1) is 0 Å². The van der Waals surface area contributed by atoms with Crippen molar-refractivity contribution in [3.8, 4) is 0 Å². The van der Waals surface area contributed by atoms with E-state index in [1.807, 2.05) is 0 Å². The predicted molar refractivity (Wildman–Crippen MR) is 101 cm³/mol. The topological polar surface area (TPSA) is 11.4 Å². The second kappa shape index (κ2) is 6.29. The van der Waals surface area contributed by atoms with Gasteiger partial charge in [-0.1, -0.05) is 12.1 Å². The third-order valence-corrected chi connectivity index (χ3v) is 5.46. The SMILES string of the molecule is CN(CCN(C)C(C)(C)c1cccc2c1ccn2C)C(C)(C)C. The van der Waals surface area contributed by atoms with Crippen LogP contribution < -0.4 is 0 Å². The molecule has 0 aliphatic rings. The van der Waals surface area contributed by atoms with Crippen LogP contribution in [0.5, 0.6) is 0 Å². The molecule has 128 valence electrons. The van der Waals surface area contributed by atoms with Gasteiger partial charge in [-0.25, -0.2) is 0 Å². The van der Waals surface area contributed by atoms with E-state index in [-0.39, 0.29) is 11.1 Å². The summed E-state index contributed by atoms with van der Waals surface area (Å²) in [4.78, 5) is 4.89. The molecule has 1 aromatic carbocycles. The molecular weight excluding hydrogens is 282 g/mol. The molecule has 1 aromatic heterocycles. The zero-order valence-electron chi connectivity index (χ0n) is 16.1. The minimum Gasteiger partial charge on any atom is -0.351 e. The summed E-state index contributed by atoms with van der Waals surface area (Å²) in [5.74, 6) is 0. The molecule has 3 nitrogen and oxygen atoms in total. The van der Waals surface area contributed by atoms with Gasteiger partial charge in [0.15, 0.2) is 0 Å². The van der Waals surface area contributed by atoms with Crippen molar-refractivity contribution in [3.63, 3.8) is 0 Å². The predicted octanol–water partition coefficient (Wildman–Crippen LogP) is 4.08. The Morgan fingerprint density at radius 2 is 1.52 bits per heavy atom. The minimum atomic E-state index is -0.000409. The lowest BCUT2D eigenvalue weighted by Crippen LogP contribution is -2.46. The van der Waals surface area contributed by atoms with Gasteiger partial charge in [0.1, 0.15) is 0 Å². The van der Waals surface area contributed by atoms with Crippen LogP contribution in [0.3, 0.4) is 0 Å². The second-order valence-electron chi connectivity index (χ2n) is 8.24. The number of rotatable bonds is 5. The Morgan fingerprint density at radius 1 is 0.913 bits per heavy atom. The summed E-state index contributed by atoms with van der Waals surface area (Å²) < 4.78 is 2.20. The number of hydrogen-bond acceptors (Lipinski definition) is 2. The quantitative estimate of drug-likeness (QED) is 0.824. The average molecular weight is 316 g/mol. The van der Waals surface area contributed by atoms with E-state index in [0.717, 1.165) is 13.1 Å². The molecule has 23 heavy (non-hydrogen) atoms. The normalized spacial score (nSPS) is 13.5. The van der Waals surface area contributed by atoms with Gasteiger partial charge >= 0.3 is 0 Å². The lowest BCUT2D eigenvalue weighted by molar-refractivity contribution is 0.107. The summed E-state index contributed by atoms with van der Waals surface area (Å²) in [5.41, 5.74) is 2.91. The molecule has 0 saturated heterocycles. The van der Waals surface area contributed by atoms with Crippen molar-refractivity contribution >= 4 is 10.9 Å². The van der Waals surface area contributed by atoms with Gasteiger partial charge in [0.05, 0.1) is 0 Å². The summed E-state index contributed by atoms with van der Waals surface area (Å²) in [7, 11) is 6.55. The van der Waals surface area contributed by atoms with E-state index in [1.54, 1.807) is 0 Å². The molecule has 0 radical (unpaired) electrons. The lowest BCUT2D eigenvalue weighted by Gasteiger charge is -2.39. The molecule has 0 fully saturated rings. The summed E-state index contributed by atoms with van der Waals surface area (Å²) >= 11 is 0. The molecule has 2 rings (SSSR count). The van der Waals surface area contributed by atoms with E-state index in [4.69, 9.17) is 0 Å². The van der Waals surface area contributed by atoms with Gasteiger partial charge in [-0.2, -0.15) is 0 Å². The highest BCUT2D eigenvalue weighted by molar-refractivity contribution is 5.84. The first-order valence-electron chi connectivity index (χ1n) is 8.52. The van der Waals surface area contributed by atoms with Gasteiger partial charge in [0.25, 0.3) is 0 Å². The maximum absolute atomic E-state index is 2.47. The number of benzene rings is 1. The molecule has 0 aliphatic carbocycles. The van der Waals surface area contributed by atoms with E-state index in [0.29, 0.717) is 0 Å². The Bertz CT molecular complexity index is 661. The van der Waals surface area contributed by atoms with Crippen LogP contribution in [-0.4, -0.2) is 47.1 Å². The van der Waals surface area contributed by atoms with Gasteiger partial charge in [0, 0.05) is 48.3 Å². The van der Waals surface area contributed by atoms with Crippen molar-refractivity contribution in [3.05, 3.63) is 36.0 Å². The monoisotopic (exact) mass is 315 g/mol. The van der Waals surface area contributed by atoms with Gasteiger partial charge in [-0.3, -0.25) is 4.90 Å². The second-order valence-corrected chi connectivity index (χ2v) is 8.24. The Labute approximate surface area is 141 Å². The standard InChI is InChI=1S/C20H33N3/c1-19(2,3)22(7)14-15-23(8)20(4,5)17-10-9-11-18-16(17)12-13-21(18)6/h9-13H,14-15H2,1-8H3. The van der Waals surface area contributed by atoms with Crippen LogP contribution in [0.25, 0.3) is 10.9 Å². The molecule has 1 heterocycles. The van der Waals surface area contributed by atoms with Crippen LogP contribution >= 0.6 is 0 Å². The summed E-state index contributed by atoms with van der Waals surface area (Å²) in [6, 6.07) is 8.88. The van der Waals surface area contributed by atoms with Crippen molar-refractivity contribution in [2.45, 2.75) is 45.7 Å². The van der Waals surface area contributed by atoms with Crippen LogP contribution in [0.15, 0.2) is 30.5 Å². The summed E-state index contributed by atoms with van der Waals surface area (Å²) in [6.07, 6.45) is 2.15. The highest BCUT2D eigenvalue weighted by Gasteiger charge is 2.28. The summed E-state index contributed by atoms with van der Waals surface area (Å²) in [5, 5.41) is 1.36. The minimum absolute atomic E-state index is 0.000409. The zero-order valence-corrected chi connectivity index (χ0v) is 16.1. The number of nitrogens with zero attached hydrogens (tertiary/aromatic N) is 3. The number of hydrogen-bond donors (Lipinski definition) is 0. The van der Waals surface area contributed by atoms with E-state index in [2.05, 4.69) is 101 Å². The van der Waals surface area contributed by atoms with Gasteiger partial charge in [-0.05, 0) is 66.4 Å². The van der Waals surface area contributed by atoms with Gasteiger partial charge in [0.2, 0.25) is 0 Å². The fraction of sp³-hybridized carbons (Fsp3) is 0.600. The lowest BCUT2D eigenvalue weighted by atomic mass is 9.90. The van der Waals surface area contributed by atoms with Crippen LogP contribution in [0.2, 0.25) is 0 Å². The van der Waals surface area contributed by atoms with Crippen molar-refractivity contribution in [1.82, 2.24) is 14.4 Å². The van der Waals surface area contributed by atoms with Gasteiger partial charge in [-0.15, -0.1) is 0 Å². The number of likely N-dealkylation sites (N-methyl/N-ethyl adjacent to an activating group) is 2. The molecule has 0 saturated carbocycles. The smallest absolute Gasteiger partial charge is 0.0481 e. The first-order chi connectivity index (χ1) is 10.5. The fourth-order valence-corrected chi connectivity index (χ4v) is 2.96. The molecule has 0 bridgehead atoms. The van der Waals surface area contributed by atoms with Crippen molar-refractivity contribution in [2.75, 3.05) is 27.2 Å². The van der Waals surface area contributed by atoms with Gasteiger partial charge < -0.3 is 9.47 Å². The molecule has 2 aromatic rings. The van der Waals surface area contributed by atoms with E-state index >= 15 is 0 Å². The van der Waals surface area contributed by atoms with Crippen molar-refractivity contribution < 1.29 is 0 Å². The molecule has 0 aliphatic heterocycles. The molecule has 3 heteroatoms. The first-order valence-corrected chi connectivity index (χ1v) is 8.52. The van der Waals surface area contributed by atoms with E-state index in [1.165, 1.54) is 16.5 Å². The Kier molecular flexibility index (Phi) is 4.93. The van der Waals surface area contributed by atoms with E-state index < -0.39 is 0 Å². The number of aromatic nitrogens is 1. The molecule has 0 spiro atoms. The van der Waals surface area contributed by atoms with Crippen LogP contribution in [0.4, 0.5) is 0 Å². The van der Waals surface area contributed by atoms with Crippen molar-refractivity contribution in [2.24, 2.45) is 7.05 Å². The molecular formula is C20H33N3. The van der Waals surface area contributed by atoms with Crippen molar-refractivity contribution in [1.29, 1.82) is 0 Å². The maximum atomic E-state index is 2.47. The molecule has 0 unspecified atom stereocenters. The Hall–Kier alpha value is -1.32. The first kappa shape index (κ1) is 18.0. The molecule has 0 N–H and O–H groups in total. The third-order valence-electron chi connectivity index (χ3n) is 5.46. The molecule has 0 atom stereocenters.